The molecule has 9 nitrogen and oxygen atoms in total. The van der Waals surface area contributed by atoms with Crippen molar-refractivity contribution in [3.05, 3.63) is 29.8 Å². The molecule has 0 aliphatic rings. The molecule has 1 rings (SSSR count). The number of hydrogen-bond donors (Lipinski definition) is 1. The lowest BCUT2D eigenvalue weighted by Crippen LogP contribution is -2.33. The van der Waals surface area contributed by atoms with E-state index in [1.165, 1.54) is 0 Å². The van der Waals surface area contributed by atoms with Gasteiger partial charge in [0.15, 0.2) is 0 Å². The molecule has 0 saturated heterocycles. The van der Waals surface area contributed by atoms with Crippen LogP contribution in [-0.4, -0.2) is 76.1 Å². The number of rotatable bonds is 20. The van der Waals surface area contributed by atoms with Gasteiger partial charge in [-0.2, -0.15) is 0 Å². The minimum absolute atomic E-state index is 0.248. The van der Waals surface area contributed by atoms with Crippen LogP contribution in [0.5, 0.6) is 5.75 Å². The van der Waals surface area contributed by atoms with Crippen LogP contribution in [0.4, 0.5) is 4.79 Å². The molecule has 0 aliphatic carbocycles. The van der Waals surface area contributed by atoms with Crippen molar-refractivity contribution in [1.29, 1.82) is 0 Å². The smallest absolute Gasteiger partial charge is 0.407 e. The Bertz CT molecular complexity index is 784. The van der Waals surface area contributed by atoms with E-state index < -0.39 is 17.3 Å². The van der Waals surface area contributed by atoms with Gasteiger partial charge in [-0.25, -0.2) is 4.79 Å². The normalized spacial score (nSPS) is 11.7. The largest absolute Gasteiger partial charge is 0.494 e. The summed E-state index contributed by atoms with van der Waals surface area (Å²) in [4.78, 5) is 23.2. The zero-order valence-corrected chi connectivity index (χ0v) is 25.0. The van der Waals surface area contributed by atoms with E-state index in [0.29, 0.717) is 46.2 Å². The summed E-state index contributed by atoms with van der Waals surface area (Å²) in [6.07, 6.45) is 4.79. The van der Waals surface area contributed by atoms with Gasteiger partial charge in [0.05, 0.1) is 46.1 Å². The second kappa shape index (κ2) is 19.7. The van der Waals surface area contributed by atoms with Gasteiger partial charge in [-0.15, -0.1) is 0 Å². The Morgan fingerprint density at radius 3 is 1.79 bits per heavy atom. The molecule has 9 heteroatoms. The molecule has 0 saturated carbocycles. The van der Waals surface area contributed by atoms with Crippen molar-refractivity contribution in [3.8, 4) is 5.75 Å². The highest BCUT2D eigenvalue weighted by atomic mass is 16.6. The van der Waals surface area contributed by atoms with Crippen molar-refractivity contribution in [2.75, 3.05) is 52.8 Å². The molecule has 0 bridgehead atoms. The third-order valence-electron chi connectivity index (χ3n) is 5.07. The van der Waals surface area contributed by atoms with E-state index in [1.807, 2.05) is 65.8 Å². The highest BCUT2D eigenvalue weighted by Crippen LogP contribution is 2.14. The number of esters is 1. The molecule has 0 unspecified atom stereocenters. The standard InChI is InChI=1S/C30H51NO8/c1-29(2,3)38-27(32)16-20-35-22-24-36-23-21-34-18-9-7-8-10-19-37-26-13-11-25(12-14-26)15-17-31-28(33)39-30(4,5)6/h11-14H,7-10,15-24H2,1-6H3,(H,31,33). The number of ether oxygens (including phenoxy) is 6. The van der Waals surface area contributed by atoms with E-state index in [4.69, 9.17) is 28.4 Å². The van der Waals surface area contributed by atoms with E-state index in [1.54, 1.807) is 0 Å². The summed E-state index contributed by atoms with van der Waals surface area (Å²) in [6.45, 7) is 15.4. The Morgan fingerprint density at radius 1 is 0.667 bits per heavy atom. The maximum Gasteiger partial charge on any atom is 0.407 e. The first-order chi connectivity index (χ1) is 18.4. The van der Waals surface area contributed by atoms with Crippen LogP contribution in [0.2, 0.25) is 0 Å². The first-order valence-corrected chi connectivity index (χ1v) is 14.1. The van der Waals surface area contributed by atoms with Crippen molar-refractivity contribution in [3.63, 3.8) is 0 Å². The molecule has 0 aliphatic heterocycles. The average molecular weight is 554 g/mol. The Kier molecular flexibility index (Phi) is 17.5. The minimum atomic E-state index is -0.489. The molecule has 0 fully saturated rings. The number of carbonyl (C=O) groups excluding carboxylic acids is 2. The van der Waals surface area contributed by atoms with E-state index in [9.17, 15) is 9.59 Å². The molecular weight excluding hydrogens is 502 g/mol. The van der Waals surface area contributed by atoms with Crippen molar-refractivity contribution < 1.29 is 38.0 Å². The summed E-state index contributed by atoms with van der Waals surface area (Å²) in [5.74, 6) is 0.605. The monoisotopic (exact) mass is 553 g/mol. The number of amides is 1. The topological polar surface area (TPSA) is 102 Å². The third kappa shape index (κ3) is 22.2. The van der Waals surface area contributed by atoms with Gasteiger partial charge in [0.25, 0.3) is 0 Å². The maximum absolute atomic E-state index is 11.7. The summed E-state index contributed by atoms with van der Waals surface area (Å²) in [6, 6.07) is 7.98. The predicted octanol–water partition coefficient (Wildman–Crippen LogP) is 5.47. The number of hydrogen-bond acceptors (Lipinski definition) is 8. The zero-order valence-electron chi connectivity index (χ0n) is 25.0. The third-order valence-corrected chi connectivity index (χ3v) is 5.07. The lowest BCUT2D eigenvalue weighted by atomic mass is 10.1. The first-order valence-electron chi connectivity index (χ1n) is 14.1. The number of unbranched alkanes of at least 4 members (excludes halogenated alkanes) is 3. The molecule has 1 N–H and O–H groups in total. The van der Waals surface area contributed by atoms with Crippen LogP contribution in [0.3, 0.4) is 0 Å². The first kappa shape index (κ1) is 34.7. The second-order valence-electron chi connectivity index (χ2n) is 11.3. The van der Waals surface area contributed by atoms with E-state index in [2.05, 4.69) is 5.32 Å². The zero-order chi connectivity index (χ0) is 29.0. The van der Waals surface area contributed by atoms with E-state index in [-0.39, 0.29) is 12.4 Å². The molecular formula is C30H51NO8. The highest BCUT2D eigenvalue weighted by Gasteiger charge is 2.16. The van der Waals surface area contributed by atoms with Gasteiger partial charge >= 0.3 is 12.1 Å². The van der Waals surface area contributed by atoms with Crippen molar-refractivity contribution in [2.24, 2.45) is 0 Å². The molecule has 0 spiro atoms. The van der Waals surface area contributed by atoms with Crippen molar-refractivity contribution in [1.82, 2.24) is 5.32 Å². The average Bonchev–Trinajstić information content (AvgIpc) is 2.82. The van der Waals surface area contributed by atoms with Gasteiger partial charge in [-0.1, -0.05) is 18.6 Å². The van der Waals surface area contributed by atoms with Crippen LogP contribution in [0.25, 0.3) is 0 Å². The van der Waals surface area contributed by atoms with Gasteiger partial charge in [-0.05, 0) is 84.9 Å². The summed E-state index contributed by atoms with van der Waals surface area (Å²) < 4.78 is 32.7. The predicted molar refractivity (Wildman–Crippen MR) is 151 cm³/mol. The fourth-order valence-electron chi connectivity index (χ4n) is 3.32. The summed E-state index contributed by atoms with van der Waals surface area (Å²) in [7, 11) is 0. The Labute approximate surface area is 235 Å². The molecule has 0 atom stereocenters. The van der Waals surface area contributed by atoms with Crippen LogP contribution >= 0.6 is 0 Å². The Hall–Kier alpha value is -2.36. The Morgan fingerprint density at radius 2 is 1.21 bits per heavy atom. The maximum atomic E-state index is 11.7. The summed E-state index contributed by atoms with van der Waals surface area (Å²) >= 11 is 0. The molecule has 1 aromatic rings. The SMILES string of the molecule is CC(C)(C)OC(=O)CCOCCOCCOCCCCCCOc1ccc(CCNC(=O)OC(C)(C)C)cc1. The van der Waals surface area contributed by atoms with Crippen LogP contribution in [-0.2, 0) is 34.9 Å². The fraction of sp³-hybridized carbons (Fsp3) is 0.733. The Balaban J connectivity index is 1.89. The molecule has 0 heterocycles. The van der Waals surface area contributed by atoms with Crippen LogP contribution in [0, 0.1) is 0 Å². The number of benzene rings is 1. The van der Waals surface area contributed by atoms with Gasteiger partial charge in [0.1, 0.15) is 17.0 Å². The molecule has 1 aromatic carbocycles. The molecule has 0 aromatic heterocycles. The van der Waals surface area contributed by atoms with Crippen LogP contribution in [0.15, 0.2) is 24.3 Å². The fourth-order valence-corrected chi connectivity index (χ4v) is 3.32. The highest BCUT2D eigenvalue weighted by molar-refractivity contribution is 5.69. The van der Waals surface area contributed by atoms with Crippen molar-refractivity contribution in [2.45, 2.75) is 91.3 Å². The lowest BCUT2D eigenvalue weighted by Gasteiger charge is -2.19. The van der Waals surface area contributed by atoms with E-state index >= 15 is 0 Å². The van der Waals surface area contributed by atoms with E-state index in [0.717, 1.165) is 50.0 Å². The molecule has 0 radical (unpaired) electrons. The van der Waals surface area contributed by atoms with Crippen LogP contribution in [0.1, 0.15) is 79.2 Å². The van der Waals surface area contributed by atoms with Gasteiger partial charge < -0.3 is 33.7 Å². The van der Waals surface area contributed by atoms with Crippen molar-refractivity contribution >= 4 is 12.1 Å². The number of alkyl carbamates (subject to hydrolysis) is 1. The lowest BCUT2D eigenvalue weighted by molar-refractivity contribution is -0.156. The molecule has 224 valence electrons. The molecule has 39 heavy (non-hydrogen) atoms. The van der Waals surface area contributed by atoms with Gasteiger partial charge in [0, 0.05) is 13.2 Å². The minimum Gasteiger partial charge on any atom is -0.494 e. The van der Waals surface area contributed by atoms with Gasteiger partial charge in [0.2, 0.25) is 0 Å². The summed E-state index contributed by atoms with van der Waals surface area (Å²) in [5.41, 5.74) is 0.180. The molecule has 1 amide bonds. The number of carbonyl (C=O) groups is 2. The number of nitrogens with one attached hydrogen (secondary N) is 1. The quantitative estimate of drug-likeness (QED) is 0.167. The second-order valence-corrected chi connectivity index (χ2v) is 11.3. The van der Waals surface area contributed by atoms with Gasteiger partial charge in [-0.3, -0.25) is 4.79 Å². The van der Waals surface area contributed by atoms with Crippen LogP contribution < -0.4 is 10.1 Å². The summed E-state index contributed by atoms with van der Waals surface area (Å²) in [5, 5.41) is 2.77.